The predicted molar refractivity (Wildman–Crippen MR) is 88.2 cm³/mol. The molecule has 3 heterocycles. The average Bonchev–Trinajstić information content (AvgIpc) is 3.16. The maximum atomic E-state index is 12.7. The third-order valence-corrected chi connectivity index (χ3v) is 4.64. The van der Waals surface area contributed by atoms with Gasteiger partial charge in [-0.3, -0.25) is 4.79 Å². The van der Waals surface area contributed by atoms with Crippen molar-refractivity contribution in [2.75, 3.05) is 13.1 Å². The molecule has 0 aromatic carbocycles. The van der Waals surface area contributed by atoms with Crippen LogP contribution in [0.25, 0.3) is 0 Å². The summed E-state index contributed by atoms with van der Waals surface area (Å²) in [5, 5.41) is 8.32. The molecule has 0 N–H and O–H groups in total. The van der Waals surface area contributed by atoms with E-state index < -0.39 is 0 Å². The first-order valence-corrected chi connectivity index (χ1v) is 8.35. The van der Waals surface area contributed by atoms with E-state index in [-0.39, 0.29) is 5.91 Å². The van der Waals surface area contributed by atoms with Gasteiger partial charge in [0.05, 0.1) is 0 Å². The lowest BCUT2D eigenvalue weighted by Crippen LogP contribution is -2.41. The van der Waals surface area contributed by atoms with Gasteiger partial charge in [0.1, 0.15) is 17.8 Å². The highest BCUT2D eigenvalue weighted by Gasteiger charge is 2.27. The van der Waals surface area contributed by atoms with Crippen LogP contribution >= 0.6 is 0 Å². The first-order chi connectivity index (χ1) is 11.1. The number of aryl methyl sites for hydroxylation is 1. The van der Waals surface area contributed by atoms with E-state index in [0.717, 1.165) is 43.9 Å². The summed E-state index contributed by atoms with van der Waals surface area (Å²) in [6.45, 7) is 5.92. The molecule has 1 unspecified atom stereocenters. The molecular formula is C17H25N5O. The summed E-state index contributed by atoms with van der Waals surface area (Å²) in [6, 6.07) is 4.17. The van der Waals surface area contributed by atoms with Gasteiger partial charge in [0, 0.05) is 38.8 Å². The lowest BCUT2D eigenvalue weighted by atomic mass is 9.94. The van der Waals surface area contributed by atoms with E-state index in [1.165, 1.54) is 0 Å². The van der Waals surface area contributed by atoms with Gasteiger partial charge in [0.25, 0.3) is 5.91 Å². The molecule has 3 rings (SSSR count). The Labute approximate surface area is 137 Å². The van der Waals surface area contributed by atoms with E-state index >= 15 is 0 Å². The second kappa shape index (κ2) is 6.56. The van der Waals surface area contributed by atoms with Crippen molar-refractivity contribution in [2.45, 2.75) is 39.2 Å². The van der Waals surface area contributed by atoms with E-state index in [2.05, 4.69) is 28.6 Å². The van der Waals surface area contributed by atoms with Gasteiger partial charge in [-0.15, -0.1) is 10.2 Å². The zero-order chi connectivity index (χ0) is 16.4. The summed E-state index contributed by atoms with van der Waals surface area (Å²) >= 11 is 0. The van der Waals surface area contributed by atoms with Crippen molar-refractivity contribution in [2.24, 2.45) is 13.0 Å². The number of amides is 1. The highest BCUT2D eigenvalue weighted by Crippen LogP contribution is 2.22. The molecule has 0 spiro atoms. The predicted octanol–water partition coefficient (Wildman–Crippen LogP) is 2.29. The molecule has 6 heteroatoms. The van der Waals surface area contributed by atoms with Crippen LogP contribution in [0.3, 0.4) is 0 Å². The smallest absolute Gasteiger partial charge is 0.270 e. The molecule has 1 atom stereocenters. The minimum Gasteiger partial charge on any atom is -0.347 e. The number of carbonyl (C=O) groups excluding carboxylic acids is 1. The molecule has 124 valence electrons. The fraction of sp³-hybridized carbons (Fsp3) is 0.588. The van der Waals surface area contributed by atoms with Gasteiger partial charge in [-0.1, -0.05) is 0 Å². The van der Waals surface area contributed by atoms with Crippen LogP contribution in [0.15, 0.2) is 24.7 Å². The average molecular weight is 315 g/mol. The number of rotatable bonds is 4. The Kier molecular flexibility index (Phi) is 4.50. The van der Waals surface area contributed by atoms with Crippen LogP contribution in [0, 0.1) is 5.92 Å². The van der Waals surface area contributed by atoms with Gasteiger partial charge in [-0.25, -0.2) is 0 Å². The van der Waals surface area contributed by atoms with Crippen LogP contribution in [-0.2, 0) is 13.5 Å². The summed E-state index contributed by atoms with van der Waals surface area (Å²) in [6.07, 6.45) is 6.79. The normalized spacial score (nSPS) is 18.6. The Hall–Kier alpha value is -2.11. The van der Waals surface area contributed by atoms with Gasteiger partial charge < -0.3 is 14.0 Å². The van der Waals surface area contributed by atoms with Crippen molar-refractivity contribution in [1.29, 1.82) is 0 Å². The Morgan fingerprint density at radius 2 is 2.26 bits per heavy atom. The van der Waals surface area contributed by atoms with Crippen molar-refractivity contribution in [1.82, 2.24) is 24.2 Å². The molecule has 2 aromatic heterocycles. The Morgan fingerprint density at radius 3 is 2.96 bits per heavy atom. The highest BCUT2D eigenvalue weighted by molar-refractivity contribution is 5.92. The van der Waals surface area contributed by atoms with Crippen molar-refractivity contribution in [3.63, 3.8) is 0 Å². The third kappa shape index (κ3) is 3.30. The number of piperidine rings is 1. The van der Waals surface area contributed by atoms with Crippen LogP contribution in [0.5, 0.6) is 0 Å². The lowest BCUT2D eigenvalue weighted by Gasteiger charge is -2.32. The topological polar surface area (TPSA) is 56.0 Å². The fourth-order valence-corrected chi connectivity index (χ4v) is 3.36. The molecule has 1 saturated heterocycles. The summed E-state index contributed by atoms with van der Waals surface area (Å²) in [4.78, 5) is 14.7. The van der Waals surface area contributed by atoms with E-state index in [1.807, 2.05) is 34.8 Å². The molecule has 6 nitrogen and oxygen atoms in total. The van der Waals surface area contributed by atoms with Crippen LogP contribution < -0.4 is 0 Å². The van der Waals surface area contributed by atoms with Gasteiger partial charge in [0.15, 0.2) is 0 Å². The van der Waals surface area contributed by atoms with Crippen LogP contribution in [0.4, 0.5) is 0 Å². The number of nitrogens with zero attached hydrogens (tertiary/aromatic N) is 5. The molecule has 0 radical (unpaired) electrons. The second-order valence-electron chi connectivity index (χ2n) is 6.72. The van der Waals surface area contributed by atoms with E-state index in [9.17, 15) is 4.79 Å². The van der Waals surface area contributed by atoms with Crippen molar-refractivity contribution in [3.05, 3.63) is 36.2 Å². The minimum absolute atomic E-state index is 0.132. The maximum absolute atomic E-state index is 12.7. The molecule has 0 saturated carbocycles. The van der Waals surface area contributed by atoms with Gasteiger partial charge in [-0.05, 0) is 44.7 Å². The Morgan fingerprint density at radius 1 is 1.43 bits per heavy atom. The Balaban J connectivity index is 1.68. The van der Waals surface area contributed by atoms with Gasteiger partial charge in [-0.2, -0.15) is 0 Å². The molecule has 1 aliphatic rings. The molecule has 1 aliphatic heterocycles. The third-order valence-electron chi connectivity index (χ3n) is 4.64. The van der Waals surface area contributed by atoms with E-state index in [1.54, 1.807) is 6.33 Å². The van der Waals surface area contributed by atoms with Gasteiger partial charge >= 0.3 is 0 Å². The summed E-state index contributed by atoms with van der Waals surface area (Å²) in [5.41, 5.74) is 0.760. The standard InChI is InChI=1S/C17H25N5O/c1-13(2)22-12-18-19-16(22)10-14-6-4-9-21(11-14)17(23)15-7-5-8-20(15)3/h5,7-8,12-14H,4,6,9-11H2,1-3H3. The summed E-state index contributed by atoms with van der Waals surface area (Å²) in [5.74, 6) is 1.61. The maximum Gasteiger partial charge on any atom is 0.270 e. The molecular weight excluding hydrogens is 290 g/mol. The molecule has 1 fully saturated rings. The zero-order valence-electron chi connectivity index (χ0n) is 14.1. The first-order valence-electron chi connectivity index (χ1n) is 8.35. The molecule has 23 heavy (non-hydrogen) atoms. The molecule has 0 aliphatic carbocycles. The largest absolute Gasteiger partial charge is 0.347 e. The summed E-state index contributed by atoms with van der Waals surface area (Å²) < 4.78 is 4.01. The molecule has 2 aromatic rings. The van der Waals surface area contributed by atoms with Crippen LogP contribution in [0.1, 0.15) is 49.0 Å². The van der Waals surface area contributed by atoms with Crippen molar-refractivity contribution >= 4 is 5.91 Å². The number of hydrogen-bond acceptors (Lipinski definition) is 3. The van der Waals surface area contributed by atoms with Gasteiger partial charge in [0.2, 0.25) is 0 Å². The number of hydrogen-bond donors (Lipinski definition) is 0. The molecule has 1 amide bonds. The monoisotopic (exact) mass is 315 g/mol. The van der Waals surface area contributed by atoms with Crippen molar-refractivity contribution < 1.29 is 4.79 Å². The summed E-state index contributed by atoms with van der Waals surface area (Å²) in [7, 11) is 1.92. The number of aromatic nitrogens is 4. The first kappa shape index (κ1) is 15.8. The number of carbonyl (C=O) groups is 1. The second-order valence-corrected chi connectivity index (χ2v) is 6.72. The quantitative estimate of drug-likeness (QED) is 0.870. The SMILES string of the molecule is CC(C)n1cnnc1CC1CCCN(C(=O)c2cccn2C)C1. The molecule has 0 bridgehead atoms. The fourth-order valence-electron chi connectivity index (χ4n) is 3.36. The Bertz CT molecular complexity index is 672. The minimum atomic E-state index is 0.132. The number of likely N-dealkylation sites (tertiary alicyclic amines) is 1. The van der Waals surface area contributed by atoms with Crippen LogP contribution in [0.2, 0.25) is 0 Å². The lowest BCUT2D eigenvalue weighted by molar-refractivity contribution is 0.0662. The van der Waals surface area contributed by atoms with Crippen molar-refractivity contribution in [3.8, 4) is 0 Å². The van der Waals surface area contributed by atoms with E-state index in [4.69, 9.17) is 0 Å². The van der Waals surface area contributed by atoms with Crippen LogP contribution in [-0.4, -0.2) is 43.2 Å². The zero-order valence-corrected chi connectivity index (χ0v) is 14.1. The highest BCUT2D eigenvalue weighted by atomic mass is 16.2. The van der Waals surface area contributed by atoms with E-state index in [0.29, 0.717) is 12.0 Å².